The number of hydrogen-bond donors (Lipinski definition) is 4. The topological polar surface area (TPSA) is 100 Å². The van der Waals surface area contributed by atoms with Crippen LogP contribution in [0, 0.1) is 5.82 Å². The highest BCUT2D eigenvalue weighted by Crippen LogP contribution is 2.14. The molecule has 2 rings (SSSR count). The molecule has 2 aromatic rings. The fourth-order valence-corrected chi connectivity index (χ4v) is 1.83. The minimum Gasteiger partial charge on any atom is -0.385 e. The van der Waals surface area contributed by atoms with Crippen molar-refractivity contribution in [3.63, 3.8) is 0 Å². The van der Waals surface area contributed by atoms with Crippen molar-refractivity contribution in [2.45, 2.75) is 12.6 Å². The molecule has 0 saturated heterocycles. The number of amides is 2. The van der Waals surface area contributed by atoms with Gasteiger partial charge in [0.05, 0.1) is 11.9 Å². The summed E-state index contributed by atoms with van der Waals surface area (Å²) in [5.41, 5.74) is 7.11. The third-order valence-electron chi connectivity index (χ3n) is 3.01. The van der Waals surface area contributed by atoms with Crippen LogP contribution in [0.2, 0.25) is 0 Å². The van der Waals surface area contributed by atoms with Gasteiger partial charge >= 0.3 is 6.03 Å². The van der Waals surface area contributed by atoms with Crippen molar-refractivity contribution in [2.75, 3.05) is 11.9 Å². The zero-order chi connectivity index (χ0) is 15.9. The lowest BCUT2D eigenvalue weighted by Crippen LogP contribution is -2.28. The van der Waals surface area contributed by atoms with Crippen LogP contribution in [-0.4, -0.2) is 22.7 Å². The average Bonchev–Trinajstić information content (AvgIpc) is 2.52. The van der Waals surface area contributed by atoms with Crippen LogP contribution in [0.5, 0.6) is 0 Å². The number of hydrogen-bond acceptors (Lipinski definition) is 4. The molecule has 7 heteroatoms. The molecule has 1 aromatic carbocycles. The highest BCUT2D eigenvalue weighted by molar-refractivity contribution is 5.71. The molecule has 116 valence electrons. The number of anilines is 1. The van der Waals surface area contributed by atoms with Crippen molar-refractivity contribution in [2.24, 2.45) is 5.73 Å². The molecule has 22 heavy (non-hydrogen) atoms. The Bertz CT molecular complexity index is 616. The first-order valence-corrected chi connectivity index (χ1v) is 6.70. The number of urea groups is 1. The van der Waals surface area contributed by atoms with Gasteiger partial charge in [-0.25, -0.2) is 9.18 Å². The van der Waals surface area contributed by atoms with E-state index < -0.39 is 18.0 Å². The molecular formula is C15H17FN4O2. The number of nitrogens with zero attached hydrogens (tertiary/aromatic N) is 1. The van der Waals surface area contributed by atoms with Gasteiger partial charge in [-0.15, -0.1) is 0 Å². The molecule has 2 amide bonds. The van der Waals surface area contributed by atoms with Gasteiger partial charge in [-0.05, 0) is 29.8 Å². The monoisotopic (exact) mass is 304 g/mol. The van der Waals surface area contributed by atoms with Gasteiger partial charge in [0.2, 0.25) is 0 Å². The Morgan fingerprint density at radius 2 is 2.00 bits per heavy atom. The summed E-state index contributed by atoms with van der Waals surface area (Å²) in [5.74, 6) is -0.441. The SMILES string of the molecule is NC(=O)NCc1ccc(NCC(O)c2ccc(F)cn2)cc1. The number of primary amides is 1. The Morgan fingerprint density at radius 1 is 1.27 bits per heavy atom. The second-order valence-corrected chi connectivity index (χ2v) is 4.71. The van der Waals surface area contributed by atoms with Crippen LogP contribution in [0.15, 0.2) is 42.6 Å². The second kappa shape index (κ2) is 7.37. The van der Waals surface area contributed by atoms with Gasteiger partial charge in [-0.1, -0.05) is 12.1 Å². The molecule has 1 unspecified atom stereocenters. The number of nitrogens with two attached hydrogens (primary N) is 1. The molecule has 1 heterocycles. The summed E-state index contributed by atoms with van der Waals surface area (Å²) in [4.78, 5) is 14.4. The summed E-state index contributed by atoms with van der Waals surface area (Å²) < 4.78 is 12.8. The summed E-state index contributed by atoms with van der Waals surface area (Å²) in [6.07, 6.45) is 0.232. The second-order valence-electron chi connectivity index (χ2n) is 4.71. The summed E-state index contributed by atoms with van der Waals surface area (Å²) in [6, 6.07) is 9.44. The molecule has 1 aromatic heterocycles. The van der Waals surface area contributed by atoms with Crippen molar-refractivity contribution in [3.05, 3.63) is 59.7 Å². The lowest BCUT2D eigenvalue weighted by molar-refractivity contribution is 0.186. The molecule has 1 atom stereocenters. The third-order valence-corrected chi connectivity index (χ3v) is 3.01. The van der Waals surface area contributed by atoms with Gasteiger partial charge in [0.1, 0.15) is 11.9 Å². The Hall–Kier alpha value is -2.67. The predicted molar refractivity (Wildman–Crippen MR) is 80.5 cm³/mol. The molecular weight excluding hydrogens is 287 g/mol. The molecule has 0 aliphatic rings. The van der Waals surface area contributed by atoms with Crippen LogP contribution >= 0.6 is 0 Å². The van der Waals surface area contributed by atoms with Crippen molar-refractivity contribution < 1.29 is 14.3 Å². The number of benzene rings is 1. The van der Waals surface area contributed by atoms with Gasteiger partial charge in [0.15, 0.2) is 0 Å². The van der Waals surface area contributed by atoms with E-state index in [2.05, 4.69) is 15.6 Å². The standard InChI is InChI=1S/C15H17FN4O2/c16-11-3-6-13(19-8-11)14(21)9-18-12-4-1-10(2-5-12)7-20-15(17)22/h1-6,8,14,18,21H,7,9H2,(H3,17,20,22). The van der Waals surface area contributed by atoms with Crippen LogP contribution < -0.4 is 16.4 Å². The Kier molecular flexibility index (Phi) is 5.26. The number of carbonyl (C=O) groups is 1. The maximum Gasteiger partial charge on any atom is 0.312 e. The number of carbonyl (C=O) groups excluding carboxylic acids is 1. The van der Waals surface area contributed by atoms with Crippen molar-refractivity contribution >= 4 is 11.7 Å². The quantitative estimate of drug-likeness (QED) is 0.650. The van der Waals surface area contributed by atoms with E-state index in [-0.39, 0.29) is 6.54 Å². The predicted octanol–water partition coefficient (Wildman–Crippen LogP) is 1.53. The number of aromatic nitrogens is 1. The van der Waals surface area contributed by atoms with E-state index in [1.54, 1.807) is 0 Å². The first kappa shape index (κ1) is 15.7. The van der Waals surface area contributed by atoms with E-state index in [1.807, 2.05) is 24.3 Å². The van der Waals surface area contributed by atoms with Crippen LogP contribution in [0.1, 0.15) is 17.4 Å². The summed E-state index contributed by atoms with van der Waals surface area (Å²) in [6.45, 7) is 0.606. The molecule has 5 N–H and O–H groups in total. The molecule has 0 spiro atoms. The van der Waals surface area contributed by atoms with E-state index in [0.29, 0.717) is 12.2 Å². The molecule has 0 fully saturated rings. The lowest BCUT2D eigenvalue weighted by atomic mass is 10.2. The van der Waals surface area contributed by atoms with Crippen LogP contribution in [0.4, 0.5) is 14.9 Å². The Morgan fingerprint density at radius 3 is 2.59 bits per heavy atom. The summed E-state index contributed by atoms with van der Waals surface area (Å²) >= 11 is 0. The van der Waals surface area contributed by atoms with E-state index in [9.17, 15) is 14.3 Å². The highest BCUT2D eigenvalue weighted by atomic mass is 19.1. The molecule has 0 aliphatic carbocycles. The van der Waals surface area contributed by atoms with Crippen LogP contribution in [0.25, 0.3) is 0 Å². The van der Waals surface area contributed by atoms with Gasteiger partial charge in [0, 0.05) is 18.8 Å². The normalized spacial score (nSPS) is 11.7. The number of nitrogens with one attached hydrogen (secondary N) is 2. The minimum atomic E-state index is -0.836. The first-order valence-electron chi connectivity index (χ1n) is 6.70. The van der Waals surface area contributed by atoms with E-state index in [1.165, 1.54) is 12.1 Å². The van der Waals surface area contributed by atoms with Crippen LogP contribution in [-0.2, 0) is 6.54 Å². The largest absolute Gasteiger partial charge is 0.385 e. The molecule has 6 nitrogen and oxygen atoms in total. The van der Waals surface area contributed by atoms with E-state index in [0.717, 1.165) is 17.4 Å². The fourth-order valence-electron chi connectivity index (χ4n) is 1.83. The molecule has 0 saturated carbocycles. The Labute approximate surface area is 127 Å². The van der Waals surface area contributed by atoms with Crippen molar-refractivity contribution in [3.8, 4) is 0 Å². The molecule has 0 radical (unpaired) electrons. The summed E-state index contributed by atoms with van der Waals surface area (Å²) in [7, 11) is 0. The first-order chi connectivity index (χ1) is 10.5. The fraction of sp³-hybridized carbons (Fsp3) is 0.200. The summed E-state index contributed by atoms with van der Waals surface area (Å²) in [5, 5.41) is 15.5. The van der Waals surface area contributed by atoms with E-state index >= 15 is 0 Å². The van der Waals surface area contributed by atoms with Crippen molar-refractivity contribution in [1.82, 2.24) is 10.3 Å². The number of rotatable bonds is 6. The van der Waals surface area contributed by atoms with Gasteiger partial charge in [0.25, 0.3) is 0 Å². The smallest absolute Gasteiger partial charge is 0.312 e. The number of pyridine rings is 1. The molecule has 0 aliphatic heterocycles. The average molecular weight is 304 g/mol. The Balaban J connectivity index is 1.85. The zero-order valence-electron chi connectivity index (χ0n) is 11.8. The third kappa shape index (κ3) is 4.71. The van der Waals surface area contributed by atoms with Crippen LogP contribution in [0.3, 0.4) is 0 Å². The van der Waals surface area contributed by atoms with Gasteiger partial charge < -0.3 is 21.5 Å². The number of aliphatic hydroxyl groups excluding tert-OH is 1. The number of halogens is 1. The molecule has 0 bridgehead atoms. The van der Waals surface area contributed by atoms with E-state index in [4.69, 9.17) is 5.73 Å². The lowest BCUT2D eigenvalue weighted by Gasteiger charge is -2.12. The van der Waals surface area contributed by atoms with Crippen molar-refractivity contribution in [1.29, 1.82) is 0 Å². The number of aliphatic hydroxyl groups is 1. The maximum absolute atomic E-state index is 12.8. The highest BCUT2D eigenvalue weighted by Gasteiger charge is 2.08. The van der Waals surface area contributed by atoms with Gasteiger partial charge in [-0.2, -0.15) is 0 Å². The maximum atomic E-state index is 12.8. The van der Waals surface area contributed by atoms with Gasteiger partial charge in [-0.3, -0.25) is 4.98 Å². The minimum absolute atomic E-state index is 0.248. The zero-order valence-corrected chi connectivity index (χ0v) is 11.8.